The van der Waals surface area contributed by atoms with E-state index in [0.717, 1.165) is 5.56 Å². The number of hydrogen-bond donors (Lipinski definition) is 0. The van der Waals surface area contributed by atoms with E-state index < -0.39 is 0 Å². The van der Waals surface area contributed by atoms with Gasteiger partial charge in [0.2, 0.25) is 6.29 Å². The molecule has 0 spiro atoms. The Kier molecular flexibility index (Phi) is 2.75. The average molecular weight is 161 g/mol. The first-order chi connectivity index (χ1) is 5.74. The van der Waals surface area contributed by atoms with Gasteiger partial charge in [-0.15, -0.1) is 0 Å². The Morgan fingerprint density at radius 1 is 1.33 bits per heavy atom. The average Bonchev–Trinajstić information content (AvgIpc) is 2.06. The van der Waals surface area contributed by atoms with Crippen LogP contribution in [0.25, 0.3) is 0 Å². The summed E-state index contributed by atoms with van der Waals surface area (Å²) in [5.74, 6) is 0.0385. The van der Waals surface area contributed by atoms with Crippen molar-refractivity contribution < 1.29 is 9.59 Å². The molecule has 0 amide bonds. The summed E-state index contributed by atoms with van der Waals surface area (Å²) in [6.45, 7) is 1.51. The van der Waals surface area contributed by atoms with Gasteiger partial charge in [-0.25, -0.2) is 0 Å². The van der Waals surface area contributed by atoms with Crippen molar-refractivity contribution in [3.05, 3.63) is 35.4 Å². The second-order valence-corrected chi connectivity index (χ2v) is 2.57. The van der Waals surface area contributed by atoms with Crippen LogP contribution in [0.3, 0.4) is 0 Å². The predicted octanol–water partition coefficient (Wildman–Crippen LogP) is 1.54. The van der Waals surface area contributed by atoms with Crippen molar-refractivity contribution in [3.8, 4) is 0 Å². The maximum atomic E-state index is 10.8. The topological polar surface area (TPSA) is 34.1 Å². The molecule has 0 saturated carbocycles. The zero-order valence-corrected chi connectivity index (χ0v) is 6.83. The van der Waals surface area contributed by atoms with E-state index in [1.54, 1.807) is 30.6 Å². The van der Waals surface area contributed by atoms with Crippen molar-refractivity contribution in [2.75, 3.05) is 0 Å². The van der Waals surface area contributed by atoms with E-state index in [9.17, 15) is 9.59 Å². The van der Waals surface area contributed by atoms with Crippen LogP contribution in [-0.2, 0) is 11.2 Å². The van der Waals surface area contributed by atoms with E-state index in [0.29, 0.717) is 5.56 Å². The standard InChI is InChI=1S/C10H9O2/c1-8(12)10-4-2-9(3-5-10)6-7-11/h2-5H,6H2,1H3. The van der Waals surface area contributed by atoms with E-state index in [2.05, 4.69) is 0 Å². The summed E-state index contributed by atoms with van der Waals surface area (Å²) < 4.78 is 0. The molecule has 0 bridgehead atoms. The number of carbonyl (C=O) groups excluding carboxylic acids is 2. The van der Waals surface area contributed by atoms with Crippen molar-refractivity contribution >= 4 is 12.1 Å². The van der Waals surface area contributed by atoms with E-state index in [-0.39, 0.29) is 12.2 Å². The van der Waals surface area contributed by atoms with Crippen LogP contribution < -0.4 is 0 Å². The van der Waals surface area contributed by atoms with Crippen LogP contribution in [0.5, 0.6) is 0 Å². The van der Waals surface area contributed by atoms with Gasteiger partial charge in [0.15, 0.2) is 5.78 Å². The Hall–Kier alpha value is -1.44. The maximum Gasteiger partial charge on any atom is 0.203 e. The Balaban J connectivity index is 2.85. The molecule has 2 heteroatoms. The molecule has 1 aromatic carbocycles. The van der Waals surface area contributed by atoms with Crippen molar-refractivity contribution in [3.63, 3.8) is 0 Å². The Labute approximate surface area is 71.2 Å². The number of ketones is 1. The number of rotatable bonds is 3. The van der Waals surface area contributed by atoms with Crippen LogP contribution in [0.15, 0.2) is 24.3 Å². The lowest BCUT2D eigenvalue weighted by Gasteiger charge is -1.96. The summed E-state index contributed by atoms with van der Waals surface area (Å²) in [6, 6.07) is 6.97. The lowest BCUT2D eigenvalue weighted by atomic mass is 10.1. The molecule has 0 heterocycles. The van der Waals surface area contributed by atoms with E-state index >= 15 is 0 Å². The summed E-state index contributed by atoms with van der Waals surface area (Å²) in [6.07, 6.45) is 2.09. The molecule has 0 aliphatic heterocycles. The fourth-order valence-electron chi connectivity index (χ4n) is 0.941. The summed E-state index contributed by atoms with van der Waals surface area (Å²) in [5, 5.41) is 0. The van der Waals surface area contributed by atoms with Crippen LogP contribution in [0.1, 0.15) is 22.8 Å². The molecule has 1 radical (unpaired) electrons. The largest absolute Gasteiger partial charge is 0.295 e. The minimum atomic E-state index is 0.0385. The monoisotopic (exact) mass is 161 g/mol. The minimum absolute atomic E-state index is 0.0385. The molecule has 0 unspecified atom stereocenters. The zero-order valence-electron chi connectivity index (χ0n) is 6.83. The van der Waals surface area contributed by atoms with Crippen molar-refractivity contribution in [2.24, 2.45) is 0 Å². The number of hydrogen-bond acceptors (Lipinski definition) is 2. The second kappa shape index (κ2) is 3.81. The van der Waals surface area contributed by atoms with Gasteiger partial charge in [-0.1, -0.05) is 24.3 Å². The van der Waals surface area contributed by atoms with Crippen LogP contribution in [0.2, 0.25) is 0 Å². The Morgan fingerprint density at radius 2 is 1.92 bits per heavy atom. The number of Topliss-reactive ketones (excluding diaryl/α,β-unsaturated/α-hetero) is 1. The SMILES string of the molecule is CC(=O)c1ccc(C[C]=O)cc1. The van der Waals surface area contributed by atoms with Gasteiger partial charge in [-0.05, 0) is 12.5 Å². The van der Waals surface area contributed by atoms with Crippen LogP contribution >= 0.6 is 0 Å². The highest BCUT2D eigenvalue weighted by Crippen LogP contribution is 2.04. The molecule has 0 aliphatic carbocycles. The fourth-order valence-corrected chi connectivity index (χ4v) is 0.941. The normalized spacial score (nSPS) is 9.42. The predicted molar refractivity (Wildman–Crippen MR) is 45.8 cm³/mol. The number of benzene rings is 1. The smallest absolute Gasteiger partial charge is 0.203 e. The molecular weight excluding hydrogens is 152 g/mol. The highest BCUT2D eigenvalue weighted by molar-refractivity contribution is 5.94. The molecule has 0 saturated heterocycles. The maximum absolute atomic E-state index is 10.8. The third-order valence-corrected chi connectivity index (χ3v) is 1.64. The molecule has 0 aromatic heterocycles. The molecule has 0 atom stereocenters. The molecule has 0 aliphatic rings. The lowest BCUT2D eigenvalue weighted by Crippen LogP contribution is -1.92. The molecule has 2 nitrogen and oxygen atoms in total. The van der Waals surface area contributed by atoms with Gasteiger partial charge in [0.1, 0.15) is 0 Å². The van der Waals surface area contributed by atoms with Crippen molar-refractivity contribution in [1.82, 2.24) is 0 Å². The van der Waals surface area contributed by atoms with E-state index in [4.69, 9.17) is 0 Å². The van der Waals surface area contributed by atoms with Crippen LogP contribution in [0.4, 0.5) is 0 Å². The molecule has 0 N–H and O–H groups in total. The second-order valence-electron chi connectivity index (χ2n) is 2.57. The Bertz CT molecular complexity index is 285. The fraction of sp³-hybridized carbons (Fsp3) is 0.200. The molecule has 1 rings (SSSR count). The summed E-state index contributed by atoms with van der Waals surface area (Å²) in [5.41, 5.74) is 1.56. The van der Waals surface area contributed by atoms with Gasteiger partial charge in [0.05, 0.1) is 0 Å². The molecule has 1 aromatic rings. The minimum Gasteiger partial charge on any atom is -0.295 e. The van der Waals surface area contributed by atoms with Gasteiger partial charge in [0, 0.05) is 12.0 Å². The van der Waals surface area contributed by atoms with E-state index in [1.165, 1.54) is 6.92 Å². The first-order valence-electron chi connectivity index (χ1n) is 3.69. The van der Waals surface area contributed by atoms with Crippen molar-refractivity contribution in [1.29, 1.82) is 0 Å². The summed E-state index contributed by atoms with van der Waals surface area (Å²) >= 11 is 0. The van der Waals surface area contributed by atoms with Crippen LogP contribution in [0, 0.1) is 0 Å². The van der Waals surface area contributed by atoms with Gasteiger partial charge in [-0.3, -0.25) is 9.59 Å². The molecular formula is C10H9O2. The Morgan fingerprint density at radius 3 is 2.33 bits per heavy atom. The highest BCUT2D eigenvalue weighted by Gasteiger charge is 1.97. The van der Waals surface area contributed by atoms with Crippen molar-refractivity contribution in [2.45, 2.75) is 13.3 Å². The molecule has 0 fully saturated rings. The first kappa shape index (κ1) is 8.65. The highest BCUT2D eigenvalue weighted by atomic mass is 16.1. The van der Waals surface area contributed by atoms with Crippen LogP contribution in [-0.4, -0.2) is 12.1 Å². The third-order valence-electron chi connectivity index (χ3n) is 1.64. The lowest BCUT2D eigenvalue weighted by molar-refractivity contribution is 0.101. The van der Waals surface area contributed by atoms with Gasteiger partial charge in [0.25, 0.3) is 0 Å². The quantitative estimate of drug-likeness (QED) is 0.630. The van der Waals surface area contributed by atoms with Gasteiger partial charge in [-0.2, -0.15) is 0 Å². The van der Waals surface area contributed by atoms with Gasteiger partial charge >= 0.3 is 0 Å². The summed E-state index contributed by atoms with van der Waals surface area (Å²) in [4.78, 5) is 20.8. The third kappa shape index (κ3) is 2.02. The number of carbonyl (C=O) groups is 1. The zero-order chi connectivity index (χ0) is 8.97. The summed E-state index contributed by atoms with van der Waals surface area (Å²) in [7, 11) is 0. The molecule has 12 heavy (non-hydrogen) atoms. The van der Waals surface area contributed by atoms with Gasteiger partial charge < -0.3 is 0 Å². The van der Waals surface area contributed by atoms with E-state index in [1.807, 2.05) is 0 Å². The molecule has 61 valence electrons. The first-order valence-corrected chi connectivity index (χ1v) is 3.69.